The topological polar surface area (TPSA) is 98.4 Å². The van der Waals surface area contributed by atoms with Crippen molar-refractivity contribution in [3.8, 4) is 23.0 Å². The maximum Gasteiger partial charge on any atom is 0.319 e. The fourth-order valence-electron chi connectivity index (χ4n) is 3.50. The second-order valence-electron chi connectivity index (χ2n) is 7.02. The van der Waals surface area contributed by atoms with E-state index in [2.05, 4.69) is 10.6 Å². The molecule has 1 atom stereocenters. The summed E-state index contributed by atoms with van der Waals surface area (Å²) in [6, 6.07) is 10.2. The van der Waals surface area contributed by atoms with E-state index < -0.39 is 0 Å². The second kappa shape index (κ2) is 9.92. The molecule has 0 spiro atoms. The SMILES string of the molecule is COc1ccc(N2C[C@H](CNC(=O)Nc3cc(OC)c(OC)c(OC)c3)CC2=O)cc1. The first-order valence-electron chi connectivity index (χ1n) is 9.78. The number of nitrogens with zero attached hydrogens (tertiary/aromatic N) is 1. The van der Waals surface area contributed by atoms with Crippen LogP contribution in [0.25, 0.3) is 0 Å². The zero-order chi connectivity index (χ0) is 22.4. The van der Waals surface area contributed by atoms with Crippen LogP contribution in [0.4, 0.5) is 16.2 Å². The molecule has 1 heterocycles. The molecular weight excluding hydrogens is 402 g/mol. The van der Waals surface area contributed by atoms with Crippen molar-refractivity contribution in [3.63, 3.8) is 0 Å². The summed E-state index contributed by atoms with van der Waals surface area (Å²) in [5.41, 5.74) is 1.31. The lowest BCUT2D eigenvalue weighted by atomic mass is 10.1. The number of benzene rings is 2. The molecule has 1 fully saturated rings. The molecule has 3 rings (SSSR count). The Morgan fingerprint density at radius 2 is 1.65 bits per heavy atom. The lowest BCUT2D eigenvalue weighted by Gasteiger charge is -2.18. The molecule has 9 nitrogen and oxygen atoms in total. The van der Waals surface area contributed by atoms with E-state index in [1.54, 1.807) is 24.1 Å². The van der Waals surface area contributed by atoms with E-state index in [9.17, 15) is 9.59 Å². The van der Waals surface area contributed by atoms with Crippen LogP contribution in [0, 0.1) is 5.92 Å². The van der Waals surface area contributed by atoms with Crippen LogP contribution in [0.1, 0.15) is 6.42 Å². The normalized spacial score (nSPS) is 15.4. The van der Waals surface area contributed by atoms with E-state index in [0.29, 0.717) is 42.4 Å². The number of urea groups is 1. The molecule has 2 aromatic carbocycles. The van der Waals surface area contributed by atoms with Gasteiger partial charge in [0.25, 0.3) is 0 Å². The monoisotopic (exact) mass is 429 g/mol. The lowest BCUT2D eigenvalue weighted by molar-refractivity contribution is -0.117. The van der Waals surface area contributed by atoms with Crippen molar-refractivity contribution in [1.82, 2.24) is 5.32 Å². The van der Waals surface area contributed by atoms with Gasteiger partial charge in [-0.25, -0.2) is 4.79 Å². The number of nitrogens with one attached hydrogen (secondary N) is 2. The molecule has 0 bridgehead atoms. The standard InChI is InChI=1S/C22H27N3O6/c1-28-17-7-5-16(6-8-17)25-13-14(9-20(25)26)12-23-22(27)24-15-10-18(29-2)21(31-4)19(11-15)30-3/h5-8,10-11,14H,9,12-13H2,1-4H3,(H2,23,24,27)/t14-/m0/s1. The van der Waals surface area contributed by atoms with Gasteiger partial charge in [-0.1, -0.05) is 0 Å². The molecule has 2 aromatic rings. The number of rotatable bonds is 8. The molecule has 0 aromatic heterocycles. The lowest BCUT2D eigenvalue weighted by Crippen LogP contribution is -2.34. The first kappa shape index (κ1) is 22.1. The Hall–Kier alpha value is -3.62. The summed E-state index contributed by atoms with van der Waals surface area (Å²) in [6.07, 6.45) is 0.372. The van der Waals surface area contributed by atoms with Gasteiger partial charge in [0.05, 0.1) is 34.1 Å². The molecule has 0 unspecified atom stereocenters. The van der Waals surface area contributed by atoms with Crippen molar-refractivity contribution in [2.24, 2.45) is 5.92 Å². The summed E-state index contributed by atoms with van der Waals surface area (Å²) in [4.78, 5) is 26.5. The average Bonchev–Trinajstić information content (AvgIpc) is 3.17. The van der Waals surface area contributed by atoms with Gasteiger partial charge in [-0.3, -0.25) is 4.79 Å². The van der Waals surface area contributed by atoms with Gasteiger partial charge in [-0.2, -0.15) is 0 Å². The van der Waals surface area contributed by atoms with Gasteiger partial charge in [0.2, 0.25) is 11.7 Å². The van der Waals surface area contributed by atoms with Crippen LogP contribution in [-0.4, -0.2) is 53.5 Å². The highest BCUT2D eigenvalue weighted by Gasteiger charge is 2.30. The summed E-state index contributed by atoms with van der Waals surface area (Å²) >= 11 is 0. The first-order valence-corrected chi connectivity index (χ1v) is 9.78. The molecule has 0 aliphatic carbocycles. The molecule has 2 N–H and O–H groups in total. The largest absolute Gasteiger partial charge is 0.497 e. The number of hydrogen-bond donors (Lipinski definition) is 2. The Kier molecular flexibility index (Phi) is 7.07. The van der Waals surface area contributed by atoms with Gasteiger partial charge in [-0.15, -0.1) is 0 Å². The van der Waals surface area contributed by atoms with Crippen LogP contribution >= 0.6 is 0 Å². The number of anilines is 2. The number of carbonyl (C=O) groups excluding carboxylic acids is 2. The van der Waals surface area contributed by atoms with Crippen molar-refractivity contribution >= 4 is 23.3 Å². The van der Waals surface area contributed by atoms with Crippen molar-refractivity contribution in [2.45, 2.75) is 6.42 Å². The molecule has 0 saturated carbocycles. The van der Waals surface area contributed by atoms with Gasteiger partial charge < -0.3 is 34.5 Å². The second-order valence-corrected chi connectivity index (χ2v) is 7.02. The maximum absolute atomic E-state index is 12.4. The Morgan fingerprint density at radius 1 is 1.00 bits per heavy atom. The van der Waals surface area contributed by atoms with Gasteiger partial charge in [-0.05, 0) is 24.3 Å². The van der Waals surface area contributed by atoms with Crippen molar-refractivity contribution in [1.29, 1.82) is 0 Å². The Balaban J connectivity index is 1.57. The van der Waals surface area contributed by atoms with E-state index in [1.165, 1.54) is 21.3 Å². The maximum atomic E-state index is 12.4. The van der Waals surface area contributed by atoms with Crippen LogP contribution in [0.2, 0.25) is 0 Å². The quantitative estimate of drug-likeness (QED) is 0.670. The number of ether oxygens (including phenoxy) is 4. The van der Waals surface area contributed by atoms with Crippen molar-refractivity contribution < 1.29 is 28.5 Å². The van der Waals surface area contributed by atoms with Crippen LogP contribution in [0.3, 0.4) is 0 Å². The summed E-state index contributed by atoms with van der Waals surface area (Å²) in [5, 5.41) is 5.58. The van der Waals surface area contributed by atoms with Gasteiger partial charge in [0.15, 0.2) is 11.5 Å². The molecule has 31 heavy (non-hydrogen) atoms. The van der Waals surface area contributed by atoms with Gasteiger partial charge >= 0.3 is 6.03 Å². The summed E-state index contributed by atoms with van der Waals surface area (Å²) in [7, 11) is 6.12. The van der Waals surface area contributed by atoms with Crippen molar-refractivity contribution in [3.05, 3.63) is 36.4 Å². The Labute approximate surface area is 181 Å². The van der Waals surface area contributed by atoms with E-state index in [1.807, 2.05) is 24.3 Å². The van der Waals surface area contributed by atoms with E-state index in [-0.39, 0.29) is 17.9 Å². The Bertz CT molecular complexity index is 906. The average molecular weight is 429 g/mol. The minimum absolute atomic E-state index is 0.0142. The van der Waals surface area contributed by atoms with Crippen molar-refractivity contribution in [2.75, 3.05) is 51.7 Å². The highest BCUT2D eigenvalue weighted by atomic mass is 16.5. The minimum atomic E-state index is -0.385. The molecular formula is C22H27N3O6. The summed E-state index contributed by atoms with van der Waals surface area (Å²) < 4.78 is 21.0. The van der Waals surface area contributed by atoms with Crippen LogP contribution in [-0.2, 0) is 4.79 Å². The molecule has 1 saturated heterocycles. The van der Waals surface area contributed by atoms with Crippen LogP contribution in [0.5, 0.6) is 23.0 Å². The van der Waals surface area contributed by atoms with Crippen LogP contribution < -0.4 is 34.5 Å². The van der Waals surface area contributed by atoms with E-state index >= 15 is 0 Å². The zero-order valence-electron chi connectivity index (χ0n) is 18.1. The van der Waals surface area contributed by atoms with Crippen LogP contribution in [0.15, 0.2) is 36.4 Å². The fourth-order valence-corrected chi connectivity index (χ4v) is 3.50. The van der Waals surface area contributed by atoms with E-state index in [0.717, 1.165) is 11.4 Å². The third kappa shape index (κ3) is 5.11. The molecule has 1 aliphatic rings. The number of methoxy groups -OCH3 is 4. The minimum Gasteiger partial charge on any atom is -0.497 e. The molecule has 1 aliphatic heterocycles. The molecule has 0 radical (unpaired) electrons. The highest BCUT2D eigenvalue weighted by Crippen LogP contribution is 2.39. The smallest absolute Gasteiger partial charge is 0.319 e. The number of amides is 3. The molecule has 166 valence electrons. The summed E-state index contributed by atoms with van der Waals surface area (Å²) in [5.74, 6) is 2.10. The van der Waals surface area contributed by atoms with E-state index in [4.69, 9.17) is 18.9 Å². The third-order valence-electron chi connectivity index (χ3n) is 5.06. The first-order chi connectivity index (χ1) is 15.0. The fraction of sp³-hybridized carbons (Fsp3) is 0.364. The Morgan fingerprint density at radius 3 is 2.19 bits per heavy atom. The highest BCUT2D eigenvalue weighted by molar-refractivity contribution is 5.96. The predicted molar refractivity (Wildman–Crippen MR) is 117 cm³/mol. The molecule has 9 heteroatoms. The third-order valence-corrected chi connectivity index (χ3v) is 5.06. The zero-order valence-corrected chi connectivity index (χ0v) is 18.1. The van der Waals surface area contributed by atoms with Gasteiger partial charge in [0, 0.05) is 43.2 Å². The number of hydrogen-bond acceptors (Lipinski definition) is 6. The van der Waals surface area contributed by atoms with Gasteiger partial charge in [0.1, 0.15) is 5.75 Å². The molecule has 3 amide bonds. The summed E-state index contributed by atoms with van der Waals surface area (Å²) in [6.45, 7) is 0.907. The predicted octanol–water partition coefficient (Wildman–Crippen LogP) is 2.90. The number of carbonyl (C=O) groups is 2.